The first-order valence-electron chi connectivity index (χ1n) is 11.4. The van der Waals surface area contributed by atoms with Gasteiger partial charge in [0, 0.05) is 22.6 Å². The van der Waals surface area contributed by atoms with Crippen molar-refractivity contribution in [3.05, 3.63) is 84.1 Å². The number of carbonyl (C=O) groups is 1. The molecule has 0 fully saturated rings. The van der Waals surface area contributed by atoms with E-state index in [0.717, 1.165) is 34.1 Å². The second kappa shape index (κ2) is 9.44. The number of hydrogen-bond donors (Lipinski definition) is 0. The lowest BCUT2D eigenvalue weighted by Gasteiger charge is -2.10. The fraction of sp³-hybridized carbons (Fsp3) is 0.107. The van der Waals surface area contributed by atoms with Gasteiger partial charge >= 0.3 is 0 Å². The van der Waals surface area contributed by atoms with Gasteiger partial charge in [0.05, 0.1) is 20.4 Å². The number of imidazole rings is 1. The van der Waals surface area contributed by atoms with Crippen molar-refractivity contribution in [1.82, 2.24) is 14.6 Å². The van der Waals surface area contributed by atoms with Crippen molar-refractivity contribution >= 4 is 33.6 Å². The summed E-state index contributed by atoms with van der Waals surface area (Å²) in [6.45, 7) is 0.317. The summed E-state index contributed by atoms with van der Waals surface area (Å²) in [5.74, 6) is 2.03. The molecule has 0 aliphatic carbocycles. The zero-order chi connectivity index (χ0) is 25.4. The Bertz CT molecular complexity index is 1700. The van der Waals surface area contributed by atoms with Crippen molar-refractivity contribution in [2.75, 3.05) is 14.2 Å². The van der Waals surface area contributed by atoms with Crippen LogP contribution in [0.15, 0.2) is 77.3 Å². The monoisotopic (exact) mass is 511 g/mol. The van der Waals surface area contributed by atoms with Crippen LogP contribution in [0.1, 0.15) is 15.9 Å². The lowest BCUT2D eigenvalue weighted by atomic mass is 10.0. The molecule has 0 saturated heterocycles. The Hall–Kier alpha value is -4.63. The third-order valence-electron chi connectivity index (χ3n) is 5.99. The lowest BCUT2D eigenvalue weighted by molar-refractivity contribution is 0.112. The highest BCUT2D eigenvalue weighted by molar-refractivity contribution is 7.18. The summed E-state index contributed by atoms with van der Waals surface area (Å²) in [7, 11) is 3.20. The number of fused-ring (bicyclic) bond motifs is 2. The fourth-order valence-electron chi connectivity index (χ4n) is 4.11. The van der Waals surface area contributed by atoms with Gasteiger partial charge in [-0.05, 0) is 46.7 Å². The minimum absolute atomic E-state index is 0.317. The molecule has 0 bridgehead atoms. The molecule has 6 rings (SSSR count). The number of ether oxygens (including phenoxy) is 3. The number of carbonyl (C=O) groups excluding carboxylic acids is 1. The van der Waals surface area contributed by atoms with Crippen molar-refractivity contribution in [2.45, 2.75) is 6.61 Å². The molecule has 8 nitrogen and oxygen atoms in total. The number of rotatable bonds is 8. The number of nitrogens with zero attached hydrogens (tertiary/aromatic N) is 3. The molecule has 9 heteroatoms. The van der Waals surface area contributed by atoms with Crippen LogP contribution in [-0.4, -0.2) is 35.1 Å². The quantitative estimate of drug-likeness (QED) is 0.222. The highest BCUT2D eigenvalue weighted by Crippen LogP contribution is 2.34. The van der Waals surface area contributed by atoms with E-state index in [1.165, 1.54) is 11.3 Å². The van der Waals surface area contributed by atoms with Gasteiger partial charge in [-0.1, -0.05) is 36.4 Å². The fourth-order valence-corrected chi connectivity index (χ4v) is 4.81. The highest BCUT2D eigenvalue weighted by atomic mass is 32.1. The Labute approximate surface area is 215 Å². The van der Waals surface area contributed by atoms with E-state index < -0.39 is 0 Å². The van der Waals surface area contributed by atoms with Gasteiger partial charge in [0.1, 0.15) is 35.7 Å². The zero-order valence-corrected chi connectivity index (χ0v) is 20.8. The number of hydrogen-bond acceptors (Lipinski definition) is 8. The smallest absolute Gasteiger partial charge is 0.294 e. The minimum atomic E-state index is 0.317. The number of furan rings is 1. The van der Waals surface area contributed by atoms with Crippen LogP contribution >= 0.6 is 11.3 Å². The van der Waals surface area contributed by atoms with Gasteiger partial charge < -0.3 is 18.6 Å². The Morgan fingerprint density at radius 1 is 0.973 bits per heavy atom. The maximum atomic E-state index is 11.0. The van der Waals surface area contributed by atoms with E-state index in [9.17, 15) is 4.79 Å². The molecule has 0 unspecified atom stereocenters. The van der Waals surface area contributed by atoms with E-state index in [1.54, 1.807) is 30.9 Å². The molecule has 0 N–H and O–H groups in total. The molecular weight excluding hydrogens is 490 g/mol. The van der Waals surface area contributed by atoms with Crippen LogP contribution in [0.5, 0.6) is 16.7 Å². The van der Waals surface area contributed by atoms with Crippen LogP contribution in [0.25, 0.3) is 38.5 Å². The summed E-state index contributed by atoms with van der Waals surface area (Å²) in [6, 6.07) is 21.1. The molecule has 0 saturated carbocycles. The average Bonchev–Trinajstić information content (AvgIpc) is 3.65. The van der Waals surface area contributed by atoms with Gasteiger partial charge in [-0.15, -0.1) is 5.10 Å². The lowest BCUT2D eigenvalue weighted by Crippen LogP contribution is -1.97. The standard InChI is InChI=1S/C28H21N3O5S/c1-33-22-11-20(16-35-21-5-3-4-19(10-21)18-8-6-17(15-32)7-9-18)23-13-26(36-25(23)12-22)24-14-31-27(29-24)37-28(30-31)34-2/h3-15H,16H2,1-2H3. The molecule has 37 heavy (non-hydrogen) atoms. The molecule has 0 atom stereocenters. The van der Waals surface area contributed by atoms with Gasteiger partial charge in [0.15, 0.2) is 5.76 Å². The van der Waals surface area contributed by atoms with E-state index in [1.807, 2.05) is 60.8 Å². The van der Waals surface area contributed by atoms with Gasteiger partial charge in [0.25, 0.3) is 5.19 Å². The maximum Gasteiger partial charge on any atom is 0.294 e. The molecule has 6 aromatic rings. The van der Waals surface area contributed by atoms with Crippen molar-refractivity contribution in [3.8, 4) is 39.3 Å². The second-order valence-electron chi connectivity index (χ2n) is 8.29. The van der Waals surface area contributed by atoms with Gasteiger partial charge in [-0.3, -0.25) is 4.79 Å². The van der Waals surface area contributed by atoms with E-state index >= 15 is 0 Å². The van der Waals surface area contributed by atoms with Crippen LogP contribution < -0.4 is 14.2 Å². The molecule has 0 spiro atoms. The number of benzene rings is 3. The third-order valence-corrected chi connectivity index (χ3v) is 6.88. The summed E-state index contributed by atoms with van der Waals surface area (Å²) in [5, 5.41) is 5.79. The highest BCUT2D eigenvalue weighted by Gasteiger charge is 2.17. The molecule has 0 amide bonds. The molecule has 3 aromatic heterocycles. The maximum absolute atomic E-state index is 11.0. The average molecular weight is 512 g/mol. The summed E-state index contributed by atoms with van der Waals surface area (Å²) >= 11 is 1.36. The van der Waals surface area contributed by atoms with Crippen molar-refractivity contribution < 1.29 is 23.4 Å². The molecule has 184 valence electrons. The van der Waals surface area contributed by atoms with E-state index in [2.05, 4.69) is 10.1 Å². The summed E-state index contributed by atoms with van der Waals surface area (Å²) in [6.07, 6.45) is 2.65. The first kappa shape index (κ1) is 22.8. The third kappa shape index (κ3) is 4.41. The Morgan fingerprint density at radius 2 is 1.84 bits per heavy atom. The largest absolute Gasteiger partial charge is 0.497 e. The van der Waals surface area contributed by atoms with E-state index in [0.29, 0.717) is 45.1 Å². The van der Waals surface area contributed by atoms with Crippen molar-refractivity contribution in [2.24, 2.45) is 0 Å². The van der Waals surface area contributed by atoms with Crippen LogP contribution in [0.2, 0.25) is 0 Å². The Kier molecular flexibility index (Phi) is 5.82. The zero-order valence-electron chi connectivity index (χ0n) is 20.0. The Balaban J connectivity index is 1.29. The van der Waals surface area contributed by atoms with E-state index in [-0.39, 0.29) is 0 Å². The number of aromatic nitrogens is 3. The normalized spacial score (nSPS) is 11.2. The summed E-state index contributed by atoms with van der Waals surface area (Å²) in [4.78, 5) is 16.3. The minimum Gasteiger partial charge on any atom is -0.497 e. The molecule has 0 radical (unpaired) electrons. The number of aldehydes is 1. The molecule has 0 aliphatic heterocycles. The Morgan fingerprint density at radius 3 is 2.59 bits per heavy atom. The van der Waals surface area contributed by atoms with Crippen LogP contribution in [0.4, 0.5) is 0 Å². The number of methoxy groups -OCH3 is 2. The van der Waals surface area contributed by atoms with Gasteiger partial charge in [0.2, 0.25) is 4.96 Å². The molecule has 3 aromatic carbocycles. The van der Waals surface area contributed by atoms with Crippen LogP contribution in [0, 0.1) is 0 Å². The van der Waals surface area contributed by atoms with Gasteiger partial charge in [-0.25, -0.2) is 9.50 Å². The SMILES string of the molecule is COc1cc(COc2cccc(-c3ccc(C=O)cc3)c2)c2cc(-c3cn4nc(OC)sc4n3)oc2c1. The van der Waals surface area contributed by atoms with Crippen LogP contribution in [0.3, 0.4) is 0 Å². The molecule has 3 heterocycles. The first-order valence-corrected chi connectivity index (χ1v) is 12.2. The van der Waals surface area contributed by atoms with Gasteiger partial charge in [-0.2, -0.15) is 0 Å². The van der Waals surface area contributed by atoms with Crippen molar-refractivity contribution in [3.63, 3.8) is 0 Å². The summed E-state index contributed by atoms with van der Waals surface area (Å²) in [5.41, 5.74) is 4.93. The predicted octanol–water partition coefficient (Wildman–Crippen LogP) is 6.28. The second-order valence-corrected chi connectivity index (χ2v) is 9.21. The topological polar surface area (TPSA) is 88.1 Å². The molecule has 0 aliphatic rings. The van der Waals surface area contributed by atoms with E-state index in [4.69, 9.17) is 18.6 Å². The summed E-state index contributed by atoms with van der Waals surface area (Å²) < 4.78 is 24.7. The molecular formula is C28H21N3O5S. The first-order chi connectivity index (χ1) is 18.1. The predicted molar refractivity (Wildman–Crippen MR) is 141 cm³/mol. The van der Waals surface area contributed by atoms with Crippen LogP contribution in [-0.2, 0) is 6.61 Å². The van der Waals surface area contributed by atoms with Crippen molar-refractivity contribution in [1.29, 1.82) is 0 Å².